The van der Waals surface area contributed by atoms with Crippen LogP contribution in [0.2, 0.25) is 0 Å². The molecule has 2 heterocycles. The maximum absolute atomic E-state index is 11.7. The Bertz CT molecular complexity index is 1340. The van der Waals surface area contributed by atoms with Crippen molar-refractivity contribution in [3.63, 3.8) is 0 Å². The summed E-state index contributed by atoms with van der Waals surface area (Å²) in [6.07, 6.45) is 4.83. The number of carbonyl (C=O) groups excluding carboxylic acids is 1. The number of aliphatic hydroxyl groups is 1. The van der Waals surface area contributed by atoms with Gasteiger partial charge in [0.05, 0.1) is 16.8 Å². The van der Waals surface area contributed by atoms with Crippen molar-refractivity contribution in [2.45, 2.75) is 6.92 Å². The van der Waals surface area contributed by atoms with Crippen molar-refractivity contribution in [1.29, 1.82) is 0 Å². The average molecular weight is 544 g/mol. The van der Waals surface area contributed by atoms with Gasteiger partial charge in [0.15, 0.2) is 5.78 Å². The number of nitrogens with zero attached hydrogens (tertiary/aromatic N) is 2. The minimum Gasteiger partial charge on any atom is -0.512 e. The predicted molar refractivity (Wildman–Crippen MR) is 122 cm³/mol. The number of aromatic nitrogens is 2. The first kappa shape index (κ1) is 23.2. The minimum absolute atomic E-state index is 0. The smallest absolute Gasteiger partial charge is 0.189 e. The van der Waals surface area contributed by atoms with E-state index >= 15 is 0 Å². The number of pyridine rings is 2. The molecule has 0 unspecified atom stereocenters. The summed E-state index contributed by atoms with van der Waals surface area (Å²) >= 11 is 0. The fourth-order valence-electron chi connectivity index (χ4n) is 3.30. The molecule has 5 rings (SSSR count). The molecule has 0 saturated heterocycles. The molecule has 5 aromatic rings. The van der Waals surface area contributed by atoms with E-state index in [2.05, 4.69) is 34.2 Å². The number of allylic oxidation sites excluding steroid dienone is 2. The molecule has 4 nitrogen and oxygen atoms in total. The number of hydrogen-bond donors (Lipinski definition) is 1. The van der Waals surface area contributed by atoms with Crippen LogP contribution in [0.15, 0.2) is 103 Å². The van der Waals surface area contributed by atoms with Gasteiger partial charge in [0.25, 0.3) is 0 Å². The number of benzene rings is 3. The topological polar surface area (TPSA) is 63.1 Å². The van der Waals surface area contributed by atoms with Gasteiger partial charge in [-0.1, -0.05) is 60.7 Å². The minimum atomic E-state index is -0.175. The van der Waals surface area contributed by atoms with Gasteiger partial charge in [-0.25, -0.2) is 0 Å². The zero-order chi connectivity index (χ0) is 20.9. The number of aliphatic hydroxyl groups excluding tert-OH is 1. The Kier molecular flexibility index (Phi) is 8.02. The predicted octanol–water partition coefficient (Wildman–Crippen LogP) is 6.27. The third kappa shape index (κ3) is 5.62. The SMILES string of the molecule is CC(O)=CC(=O)c1ccc2ccccc2c1.[Eu].c1cnc2c(c1)ccc1cccnc12. The molecule has 3 aromatic carbocycles. The van der Waals surface area contributed by atoms with Gasteiger partial charge in [0, 0.05) is 84.2 Å². The molecule has 1 N–H and O–H groups in total. The number of carbonyl (C=O) groups is 1. The van der Waals surface area contributed by atoms with Crippen LogP contribution < -0.4 is 0 Å². The second-order valence-electron chi connectivity index (χ2n) is 6.93. The first-order chi connectivity index (χ1) is 14.6. The summed E-state index contributed by atoms with van der Waals surface area (Å²) < 4.78 is 0. The Morgan fingerprint density at radius 2 is 1.26 bits per heavy atom. The van der Waals surface area contributed by atoms with E-state index in [1.165, 1.54) is 13.0 Å². The zero-order valence-corrected chi connectivity index (χ0v) is 19.3. The van der Waals surface area contributed by atoms with Crippen molar-refractivity contribution in [2.24, 2.45) is 0 Å². The van der Waals surface area contributed by atoms with Crippen molar-refractivity contribution in [1.82, 2.24) is 9.97 Å². The molecule has 0 saturated carbocycles. The van der Waals surface area contributed by atoms with Crippen LogP contribution in [0.1, 0.15) is 17.3 Å². The third-order valence-electron chi connectivity index (χ3n) is 4.72. The van der Waals surface area contributed by atoms with Gasteiger partial charge in [-0.2, -0.15) is 0 Å². The summed E-state index contributed by atoms with van der Waals surface area (Å²) in [4.78, 5) is 20.4. The average Bonchev–Trinajstić information content (AvgIpc) is 2.78. The van der Waals surface area contributed by atoms with Crippen LogP contribution in [0.3, 0.4) is 0 Å². The van der Waals surface area contributed by atoms with E-state index in [0.717, 1.165) is 32.6 Å². The molecular formula is C26H20EuN2O2. The second-order valence-corrected chi connectivity index (χ2v) is 6.93. The summed E-state index contributed by atoms with van der Waals surface area (Å²) in [5.74, 6) is -0.149. The third-order valence-corrected chi connectivity index (χ3v) is 4.72. The standard InChI is InChI=1S/C14H12O2.C12H8N2.Eu/c1-10(15)8-14(16)13-7-6-11-4-2-3-5-12(11)9-13;1-3-9-5-6-10-4-2-8-14-12(10)11(9)13-7-1;/h2-9,15H,1H3;1-8H;. The van der Waals surface area contributed by atoms with Gasteiger partial charge in [0.1, 0.15) is 0 Å². The molecule has 0 atom stereocenters. The van der Waals surface area contributed by atoms with Crippen molar-refractivity contribution < 1.29 is 59.3 Å². The molecule has 2 aromatic heterocycles. The molecule has 5 heteroatoms. The Morgan fingerprint density at radius 3 is 1.84 bits per heavy atom. The largest absolute Gasteiger partial charge is 0.512 e. The Labute approximate surface area is 221 Å². The van der Waals surface area contributed by atoms with Crippen LogP contribution in [0, 0.1) is 49.4 Å². The van der Waals surface area contributed by atoms with Crippen molar-refractivity contribution >= 4 is 38.4 Å². The van der Waals surface area contributed by atoms with Gasteiger partial charge in [-0.05, 0) is 35.9 Å². The number of hydrogen-bond acceptors (Lipinski definition) is 4. The van der Waals surface area contributed by atoms with Crippen molar-refractivity contribution in [3.05, 3.63) is 109 Å². The van der Waals surface area contributed by atoms with Crippen LogP contribution in [0.4, 0.5) is 0 Å². The number of rotatable bonds is 2. The molecule has 0 aliphatic rings. The Morgan fingerprint density at radius 1 is 0.742 bits per heavy atom. The molecule has 0 bridgehead atoms. The maximum atomic E-state index is 11.7. The van der Waals surface area contributed by atoms with Gasteiger partial charge >= 0.3 is 0 Å². The Hall–Kier alpha value is -2.47. The summed E-state index contributed by atoms with van der Waals surface area (Å²) in [6.45, 7) is 1.49. The molecule has 31 heavy (non-hydrogen) atoms. The van der Waals surface area contributed by atoms with E-state index in [1.54, 1.807) is 18.5 Å². The van der Waals surface area contributed by atoms with Crippen LogP contribution >= 0.6 is 0 Å². The zero-order valence-electron chi connectivity index (χ0n) is 16.9. The van der Waals surface area contributed by atoms with E-state index < -0.39 is 0 Å². The number of fused-ring (bicyclic) bond motifs is 4. The maximum Gasteiger partial charge on any atom is 0.189 e. The van der Waals surface area contributed by atoms with Gasteiger partial charge < -0.3 is 5.11 Å². The van der Waals surface area contributed by atoms with Crippen LogP contribution in [-0.2, 0) is 0 Å². The number of ketones is 1. The first-order valence-corrected chi connectivity index (χ1v) is 9.61. The monoisotopic (exact) mass is 545 g/mol. The summed E-state index contributed by atoms with van der Waals surface area (Å²) in [7, 11) is 0. The summed E-state index contributed by atoms with van der Waals surface area (Å²) in [5.41, 5.74) is 2.54. The van der Waals surface area contributed by atoms with E-state index in [9.17, 15) is 4.79 Å². The summed E-state index contributed by atoms with van der Waals surface area (Å²) in [6, 6.07) is 25.5. The molecule has 0 spiro atoms. The van der Waals surface area contributed by atoms with Crippen LogP contribution in [-0.4, -0.2) is 20.9 Å². The molecule has 0 aliphatic carbocycles. The molecule has 0 amide bonds. The quantitative estimate of drug-likeness (QED) is 0.123. The van der Waals surface area contributed by atoms with E-state index in [4.69, 9.17) is 5.11 Å². The fourth-order valence-corrected chi connectivity index (χ4v) is 3.30. The molecule has 0 fully saturated rings. The van der Waals surface area contributed by atoms with Gasteiger partial charge in [-0.15, -0.1) is 0 Å². The van der Waals surface area contributed by atoms with E-state index in [1.807, 2.05) is 48.5 Å². The molecule has 153 valence electrons. The van der Waals surface area contributed by atoms with Crippen molar-refractivity contribution in [2.75, 3.05) is 0 Å². The molecule has 0 aliphatic heterocycles. The van der Waals surface area contributed by atoms with Crippen molar-refractivity contribution in [3.8, 4) is 0 Å². The van der Waals surface area contributed by atoms with Gasteiger partial charge in [0.2, 0.25) is 0 Å². The van der Waals surface area contributed by atoms with E-state index in [0.29, 0.717) is 5.56 Å². The summed E-state index contributed by atoms with van der Waals surface area (Å²) in [5, 5.41) is 13.4. The fraction of sp³-hybridized carbons (Fsp3) is 0.0385. The van der Waals surface area contributed by atoms with E-state index in [-0.39, 0.29) is 60.9 Å². The second kappa shape index (κ2) is 10.7. The first-order valence-electron chi connectivity index (χ1n) is 9.61. The molecular weight excluding hydrogens is 524 g/mol. The van der Waals surface area contributed by atoms with Crippen LogP contribution in [0.25, 0.3) is 32.6 Å². The van der Waals surface area contributed by atoms with Gasteiger partial charge in [-0.3, -0.25) is 14.8 Å². The van der Waals surface area contributed by atoms with Crippen LogP contribution in [0.5, 0.6) is 0 Å². The normalized spacial score (nSPS) is 10.9. The Balaban J connectivity index is 0.000000171. The molecule has 1 radical (unpaired) electrons.